The zero-order valence-electron chi connectivity index (χ0n) is 16.6. The molecule has 7 heteroatoms. The summed E-state index contributed by atoms with van der Waals surface area (Å²) in [5.41, 5.74) is 3.57. The van der Waals surface area contributed by atoms with Crippen molar-refractivity contribution < 1.29 is 9.59 Å². The summed E-state index contributed by atoms with van der Waals surface area (Å²) in [6, 6.07) is 18.2. The lowest BCUT2D eigenvalue weighted by molar-refractivity contribution is -0.114. The van der Waals surface area contributed by atoms with Gasteiger partial charge in [0.15, 0.2) is 11.5 Å². The fraction of sp³-hybridized carbons (Fsp3) is 0.182. The minimum Gasteiger partial charge on any atom is -0.339 e. The van der Waals surface area contributed by atoms with Gasteiger partial charge in [0.25, 0.3) is 5.91 Å². The molecule has 1 heterocycles. The van der Waals surface area contributed by atoms with E-state index in [2.05, 4.69) is 40.0 Å². The molecule has 1 aromatic heterocycles. The molecule has 0 saturated heterocycles. The third-order valence-electron chi connectivity index (χ3n) is 4.21. The molecule has 7 nitrogen and oxygen atoms in total. The van der Waals surface area contributed by atoms with E-state index >= 15 is 0 Å². The van der Waals surface area contributed by atoms with Gasteiger partial charge in [0.1, 0.15) is 0 Å². The monoisotopic (exact) mass is 389 g/mol. The van der Waals surface area contributed by atoms with Gasteiger partial charge in [0.05, 0.1) is 0 Å². The molecule has 0 unspecified atom stereocenters. The van der Waals surface area contributed by atoms with Crippen LogP contribution in [0.3, 0.4) is 0 Å². The molecule has 0 bridgehead atoms. The Hall–Kier alpha value is -3.74. The Morgan fingerprint density at radius 1 is 0.828 bits per heavy atom. The second-order valence-corrected chi connectivity index (χ2v) is 6.88. The lowest BCUT2D eigenvalue weighted by Gasteiger charge is -2.13. The zero-order chi connectivity index (χ0) is 20.8. The Balaban J connectivity index is 1.65. The second-order valence-electron chi connectivity index (χ2n) is 6.88. The van der Waals surface area contributed by atoms with Gasteiger partial charge < -0.3 is 16.0 Å². The molecule has 0 aliphatic heterocycles. The van der Waals surface area contributed by atoms with E-state index in [0.717, 1.165) is 16.9 Å². The number of carbonyl (C=O) groups excluding carboxylic acids is 2. The maximum Gasteiger partial charge on any atom is 0.276 e. The van der Waals surface area contributed by atoms with Crippen LogP contribution in [-0.4, -0.2) is 22.0 Å². The van der Waals surface area contributed by atoms with Gasteiger partial charge >= 0.3 is 0 Å². The van der Waals surface area contributed by atoms with E-state index in [0.29, 0.717) is 17.4 Å². The van der Waals surface area contributed by atoms with Crippen LogP contribution in [0.5, 0.6) is 0 Å². The van der Waals surface area contributed by atoms with Gasteiger partial charge in [-0.15, -0.1) is 10.2 Å². The Morgan fingerprint density at radius 2 is 1.52 bits per heavy atom. The van der Waals surface area contributed by atoms with Gasteiger partial charge in [0.2, 0.25) is 5.91 Å². The Bertz CT molecular complexity index is 998. The van der Waals surface area contributed by atoms with Crippen molar-refractivity contribution in [3.8, 4) is 0 Å². The number of carbonyl (C=O) groups is 2. The molecule has 0 fully saturated rings. The van der Waals surface area contributed by atoms with Crippen LogP contribution < -0.4 is 16.0 Å². The SMILES string of the molecule is CC(=O)Nc1ccc(Nc2ccc(C(=O)Nc3ccccc3C(C)C)nn2)cc1. The third kappa shape index (κ3) is 5.38. The zero-order valence-corrected chi connectivity index (χ0v) is 16.6. The van der Waals surface area contributed by atoms with E-state index in [1.807, 2.05) is 36.4 Å². The number of nitrogens with zero attached hydrogens (tertiary/aromatic N) is 2. The van der Waals surface area contributed by atoms with Gasteiger partial charge in [-0.3, -0.25) is 9.59 Å². The van der Waals surface area contributed by atoms with Crippen molar-refractivity contribution in [1.82, 2.24) is 10.2 Å². The van der Waals surface area contributed by atoms with Crippen LogP contribution in [0, 0.1) is 0 Å². The predicted octanol–water partition coefficient (Wildman–Crippen LogP) is 4.55. The summed E-state index contributed by atoms with van der Waals surface area (Å²) in [6.45, 7) is 5.61. The van der Waals surface area contributed by atoms with Crippen molar-refractivity contribution in [2.24, 2.45) is 0 Å². The van der Waals surface area contributed by atoms with Crippen molar-refractivity contribution in [2.45, 2.75) is 26.7 Å². The molecule has 0 atom stereocenters. The van der Waals surface area contributed by atoms with Gasteiger partial charge in [-0.25, -0.2) is 0 Å². The van der Waals surface area contributed by atoms with Crippen LogP contribution >= 0.6 is 0 Å². The largest absolute Gasteiger partial charge is 0.339 e. The van der Waals surface area contributed by atoms with Crippen LogP contribution in [0.15, 0.2) is 60.7 Å². The fourth-order valence-corrected chi connectivity index (χ4v) is 2.81. The summed E-state index contributed by atoms with van der Waals surface area (Å²) in [5, 5.41) is 16.8. The second kappa shape index (κ2) is 8.97. The first kappa shape index (κ1) is 20.0. The van der Waals surface area contributed by atoms with E-state index < -0.39 is 0 Å². The van der Waals surface area contributed by atoms with Gasteiger partial charge in [0, 0.05) is 24.0 Å². The first-order chi connectivity index (χ1) is 13.9. The first-order valence-corrected chi connectivity index (χ1v) is 9.31. The summed E-state index contributed by atoms with van der Waals surface area (Å²) in [4.78, 5) is 23.6. The number of hydrogen-bond acceptors (Lipinski definition) is 5. The number of hydrogen-bond donors (Lipinski definition) is 3. The topological polar surface area (TPSA) is 96.0 Å². The minimum absolute atomic E-state index is 0.124. The highest BCUT2D eigenvalue weighted by Gasteiger charge is 2.12. The highest BCUT2D eigenvalue weighted by atomic mass is 16.2. The Morgan fingerprint density at radius 3 is 2.14 bits per heavy atom. The summed E-state index contributed by atoms with van der Waals surface area (Å²) in [7, 11) is 0. The molecule has 0 aliphatic rings. The van der Waals surface area contributed by atoms with Crippen LogP contribution in [0.4, 0.5) is 22.9 Å². The third-order valence-corrected chi connectivity index (χ3v) is 4.21. The van der Waals surface area contributed by atoms with E-state index in [1.54, 1.807) is 24.3 Å². The summed E-state index contributed by atoms with van der Waals surface area (Å²) in [5.74, 6) is 0.371. The fourth-order valence-electron chi connectivity index (χ4n) is 2.81. The van der Waals surface area contributed by atoms with Gasteiger partial charge in [-0.1, -0.05) is 32.0 Å². The molecular formula is C22H23N5O2. The number of benzene rings is 2. The van der Waals surface area contributed by atoms with E-state index in [-0.39, 0.29) is 17.5 Å². The molecule has 0 radical (unpaired) electrons. The number of nitrogens with one attached hydrogen (secondary N) is 3. The maximum absolute atomic E-state index is 12.5. The highest BCUT2D eigenvalue weighted by molar-refractivity contribution is 6.03. The molecule has 2 amide bonds. The molecule has 3 N–H and O–H groups in total. The number of amides is 2. The van der Waals surface area contributed by atoms with Gasteiger partial charge in [-0.05, 0) is 53.9 Å². The lowest BCUT2D eigenvalue weighted by Crippen LogP contribution is -2.16. The normalized spacial score (nSPS) is 10.5. The first-order valence-electron chi connectivity index (χ1n) is 9.31. The van der Waals surface area contributed by atoms with E-state index in [9.17, 15) is 9.59 Å². The average molecular weight is 389 g/mol. The van der Waals surface area contributed by atoms with Crippen molar-refractivity contribution >= 4 is 34.7 Å². The van der Waals surface area contributed by atoms with E-state index in [1.165, 1.54) is 6.92 Å². The highest BCUT2D eigenvalue weighted by Crippen LogP contribution is 2.24. The summed E-state index contributed by atoms with van der Waals surface area (Å²) < 4.78 is 0. The molecule has 29 heavy (non-hydrogen) atoms. The molecular weight excluding hydrogens is 366 g/mol. The van der Waals surface area contributed by atoms with Crippen molar-refractivity contribution in [3.05, 3.63) is 71.9 Å². The molecule has 3 aromatic rings. The number of rotatable bonds is 6. The predicted molar refractivity (Wildman–Crippen MR) is 115 cm³/mol. The number of aromatic nitrogens is 2. The van der Waals surface area contributed by atoms with Gasteiger partial charge in [-0.2, -0.15) is 0 Å². The quantitative estimate of drug-likeness (QED) is 0.575. The molecule has 3 rings (SSSR count). The van der Waals surface area contributed by atoms with Crippen molar-refractivity contribution in [3.63, 3.8) is 0 Å². The Kier molecular flexibility index (Phi) is 6.19. The van der Waals surface area contributed by atoms with Crippen molar-refractivity contribution in [1.29, 1.82) is 0 Å². The molecule has 0 aliphatic carbocycles. The molecule has 2 aromatic carbocycles. The van der Waals surface area contributed by atoms with Crippen LogP contribution in [0.2, 0.25) is 0 Å². The lowest BCUT2D eigenvalue weighted by atomic mass is 10.0. The summed E-state index contributed by atoms with van der Waals surface area (Å²) >= 11 is 0. The summed E-state index contributed by atoms with van der Waals surface area (Å²) in [6.07, 6.45) is 0. The van der Waals surface area contributed by atoms with E-state index in [4.69, 9.17) is 0 Å². The van der Waals surface area contributed by atoms with Crippen LogP contribution in [0.25, 0.3) is 0 Å². The standard InChI is InChI=1S/C22H23N5O2/c1-14(2)18-6-4-5-7-19(18)25-22(29)20-12-13-21(27-26-20)24-17-10-8-16(9-11-17)23-15(3)28/h4-14H,1-3H3,(H,23,28)(H,24,27)(H,25,29). The molecule has 148 valence electrons. The average Bonchev–Trinajstić information content (AvgIpc) is 2.70. The molecule has 0 saturated carbocycles. The van der Waals surface area contributed by atoms with Crippen LogP contribution in [-0.2, 0) is 4.79 Å². The maximum atomic E-state index is 12.5. The number of para-hydroxylation sites is 1. The number of anilines is 4. The molecule has 0 spiro atoms. The Labute approximate surface area is 169 Å². The van der Waals surface area contributed by atoms with Crippen LogP contribution in [0.1, 0.15) is 42.7 Å². The van der Waals surface area contributed by atoms with Crippen molar-refractivity contribution in [2.75, 3.05) is 16.0 Å². The smallest absolute Gasteiger partial charge is 0.276 e. The minimum atomic E-state index is -0.309.